The number of aliphatic imine (C=N–C) groups is 1. The number of hydrogen-bond acceptors (Lipinski definition) is 5. The van der Waals surface area contributed by atoms with Crippen molar-refractivity contribution in [3.63, 3.8) is 0 Å². The number of nitrogens with zero attached hydrogens (tertiary/aromatic N) is 3. The topological polar surface area (TPSA) is 68.5 Å². The number of carbonyl (C=O) groups excluding carboxylic acids is 1. The van der Waals surface area contributed by atoms with E-state index in [2.05, 4.69) is 15.3 Å². The maximum absolute atomic E-state index is 11.5. The van der Waals surface area contributed by atoms with E-state index >= 15 is 0 Å². The molecule has 0 fully saturated rings. The van der Waals surface area contributed by atoms with Crippen LogP contribution in [-0.2, 0) is 11.8 Å². The quantitative estimate of drug-likeness (QED) is 0.462. The van der Waals surface area contributed by atoms with Crippen LogP contribution in [-0.4, -0.2) is 41.8 Å². The van der Waals surface area contributed by atoms with Crippen molar-refractivity contribution < 1.29 is 9.53 Å². The molecule has 0 spiro atoms. The minimum atomic E-state index is -0.0552. The Kier molecular flexibility index (Phi) is 4.84. The van der Waals surface area contributed by atoms with E-state index in [1.54, 1.807) is 31.9 Å². The number of ether oxygens (including phenoxy) is 1. The number of ketones is 1. The highest BCUT2D eigenvalue weighted by Gasteiger charge is 2.17. The fraction of sp³-hybridized carbons (Fsp3) is 0.545. The van der Waals surface area contributed by atoms with Crippen molar-refractivity contribution in [2.24, 2.45) is 12.0 Å². The lowest BCUT2D eigenvalue weighted by Crippen LogP contribution is -2.12. The zero-order valence-electron chi connectivity index (χ0n) is 10.6. The number of anilines is 1. The summed E-state index contributed by atoms with van der Waals surface area (Å²) in [6.07, 6.45) is 1.62. The third-order valence-corrected chi connectivity index (χ3v) is 2.25. The van der Waals surface area contributed by atoms with Gasteiger partial charge < -0.3 is 14.6 Å². The van der Waals surface area contributed by atoms with Gasteiger partial charge in [0.1, 0.15) is 5.69 Å². The van der Waals surface area contributed by atoms with Gasteiger partial charge >= 0.3 is 0 Å². The van der Waals surface area contributed by atoms with Crippen LogP contribution < -0.4 is 5.32 Å². The van der Waals surface area contributed by atoms with E-state index in [-0.39, 0.29) is 5.78 Å². The van der Waals surface area contributed by atoms with Crippen LogP contribution in [0.1, 0.15) is 24.3 Å². The highest BCUT2D eigenvalue weighted by Crippen LogP contribution is 2.22. The predicted molar refractivity (Wildman–Crippen MR) is 67.4 cm³/mol. The summed E-state index contributed by atoms with van der Waals surface area (Å²) in [5.74, 6) is 1.01. The van der Waals surface area contributed by atoms with Crippen LogP contribution in [0.5, 0.6) is 0 Å². The van der Waals surface area contributed by atoms with Gasteiger partial charge in [-0.05, 0) is 6.92 Å². The fourth-order valence-corrected chi connectivity index (χ4v) is 1.51. The summed E-state index contributed by atoms with van der Waals surface area (Å²) in [6.45, 7) is 4.50. The third-order valence-electron chi connectivity index (χ3n) is 2.25. The molecule has 0 saturated carbocycles. The molecule has 0 radical (unpaired) electrons. The average molecular weight is 238 g/mol. The van der Waals surface area contributed by atoms with E-state index < -0.39 is 0 Å². The average Bonchev–Trinajstić information content (AvgIpc) is 2.56. The summed E-state index contributed by atoms with van der Waals surface area (Å²) in [5, 5.41) is 3.09. The van der Waals surface area contributed by atoms with Crippen LogP contribution in [0.4, 0.5) is 11.8 Å². The standard InChI is InChI=1S/C11H18N4O2/c1-5-12-10-9(8(2)16)15(3)11(14-10)13-6-7-17-4/h5H,6-7H2,1-4H3,(H,13,14)/b12-5-. The van der Waals surface area contributed by atoms with Crippen LogP contribution >= 0.6 is 0 Å². The van der Waals surface area contributed by atoms with Gasteiger partial charge in [-0.25, -0.2) is 4.99 Å². The smallest absolute Gasteiger partial charge is 0.205 e. The molecular weight excluding hydrogens is 220 g/mol. The number of carbonyl (C=O) groups is 1. The summed E-state index contributed by atoms with van der Waals surface area (Å²) >= 11 is 0. The van der Waals surface area contributed by atoms with Crippen molar-refractivity contribution in [1.82, 2.24) is 9.55 Å². The molecule has 0 saturated heterocycles. The molecule has 0 aliphatic heterocycles. The second kappa shape index (κ2) is 6.15. The number of aromatic nitrogens is 2. The van der Waals surface area contributed by atoms with Gasteiger partial charge in [0.25, 0.3) is 0 Å². The van der Waals surface area contributed by atoms with Crippen LogP contribution in [0, 0.1) is 0 Å². The normalized spacial score (nSPS) is 11.1. The van der Waals surface area contributed by atoms with Gasteiger partial charge in [0, 0.05) is 33.8 Å². The Balaban J connectivity index is 2.99. The largest absolute Gasteiger partial charge is 0.383 e. The number of imidazole rings is 1. The molecule has 0 atom stereocenters. The summed E-state index contributed by atoms with van der Waals surface area (Å²) in [6, 6.07) is 0. The number of nitrogens with one attached hydrogen (secondary N) is 1. The molecule has 1 aromatic heterocycles. The van der Waals surface area contributed by atoms with Crippen molar-refractivity contribution >= 4 is 23.8 Å². The van der Waals surface area contributed by atoms with E-state index in [9.17, 15) is 4.79 Å². The third kappa shape index (κ3) is 3.13. The van der Waals surface area contributed by atoms with Crippen LogP contribution in [0.15, 0.2) is 4.99 Å². The Morgan fingerprint density at radius 1 is 1.65 bits per heavy atom. The number of rotatable bonds is 6. The lowest BCUT2D eigenvalue weighted by atomic mass is 10.3. The summed E-state index contributed by atoms with van der Waals surface area (Å²) < 4.78 is 6.65. The Hall–Kier alpha value is -1.69. The van der Waals surface area contributed by atoms with Crippen molar-refractivity contribution in [3.05, 3.63) is 5.69 Å². The van der Waals surface area contributed by atoms with E-state index in [1.807, 2.05) is 0 Å². The Labute approximate surface area is 101 Å². The number of Topliss-reactive ketones (excluding diaryl/α,β-unsaturated/α-hetero) is 1. The summed E-state index contributed by atoms with van der Waals surface area (Å²) in [5.41, 5.74) is 0.503. The zero-order valence-corrected chi connectivity index (χ0v) is 10.6. The minimum absolute atomic E-state index is 0.0552. The maximum Gasteiger partial charge on any atom is 0.205 e. The molecule has 1 N–H and O–H groups in total. The number of methoxy groups -OCH3 is 1. The molecule has 6 nitrogen and oxygen atoms in total. The predicted octanol–water partition coefficient (Wildman–Crippen LogP) is 1.40. The molecule has 0 unspecified atom stereocenters. The van der Waals surface area contributed by atoms with E-state index in [0.29, 0.717) is 30.6 Å². The maximum atomic E-state index is 11.5. The van der Waals surface area contributed by atoms with Gasteiger partial charge in [0.15, 0.2) is 11.6 Å². The van der Waals surface area contributed by atoms with Crippen LogP contribution in [0.3, 0.4) is 0 Å². The summed E-state index contributed by atoms with van der Waals surface area (Å²) in [7, 11) is 3.42. The molecule has 0 aromatic carbocycles. The molecule has 0 aliphatic rings. The van der Waals surface area contributed by atoms with Gasteiger partial charge in [-0.3, -0.25) is 4.79 Å². The highest BCUT2D eigenvalue weighted by atomic mass is 16.5. The van der Waals surface area contributed by atoms with E-state index in [0.717, 1.165) is 0 Å². The van der Waals surface area contributed by atoms with Crippen LogP contribution in [0.25, 0.3) is 0 Å². The first-order valence-corrected chi connectivity index (χ1v) is 5.41. The Morgan fingerprint density at radius 2 is 2.35 bits per heavy atom. The lowest BCUT2D eigenvalue weighted by Gasteiger charge is -2.05. The SMILES string of the molecule is C/C=N\c1nc(NCCOC)n(C)c1C(C)=O. The van der Waals surface area contributed by atoms with Crippen molar-refractivity contribution in [3.8, 4) is 0 Å². The Morgan fingerprint density at radius 3 is 2.88 bits per heavy atom. The van der Waals surface area contributed by atoms with E-state index in [1.165, 1.54) is 6.92 Å². The van der Waals surface area contributed by atoms with Crippen LogP contribution in [0.2, 0.25) is 0 Å². The van der Waals surface area contributed by atoms with Gasteiger partial charge in [0.2, 0.25) is 5.95 Å². The van der Waals surface area contributed by atoms with Gasteiger partial charge in [0.05, 0.1) is 6.61 Å². The molecule has 94 valence electrons. The van der Waals surface area contributed by atoms with Gasteiger partial charge in [-0.1, -0.05) is 0 Å². The molecule has 1 aromatic rings. The molecule has 0 aliphatic carbocycles. The first-order chi connectivity index (χ1) is 8.11. The molecule has 0 bridgehead atoms. The fourth-order valence-electron chi connectivity index (χ4n) is 1.51. The molecule has 17 heavy (non-hydrogen) atoms. The molecule has 6 heteroatoms. The molecule has 1 heterocycles. The number of hydrogen-bond donors (Lipinski definition) is 1. The first-order valence-electron chi connectivity index (χ1n) is 5.41. The first kappa shape index (κ1) is 13.4. The second-order valence-electron chi connectivity index (χ2n) is 3.53. The molecular formula is C11H18N4O2. The van der Waals surface area contributed by atoms with E-state index in [4.69, 9.17) is 4.74 Å². The zero-order chi connectivity index (χ0) is 12.8. The second-order valence-corrected chi connectivity index (χ2v) is 3.53. The minimum Gasteiger partial charge on any atom is -0.383 e. The Bertz CT molecular complexity index is 423. The van der Waals surface area contributed by atoms with Crippen molar-refractivity contribution in [2.75, 3.05) is 25.6 Å². The van der Waals surface area contributed by atoms with Gasteiger partial charge in [-0.2, -0.15) is 4.98 Å². The van der Waals surface area contributed by atoms with Crippen molar-refractivity contribution in [2.45, 2.75) is 13.8 Å². The monoisotopic (exact) mass is 238 g/mol. The highest BCUT2D eigenvalue weighted by molar-refractivity contribution is 5.97. The van der Waals surface area contributed by atoms with Crippen molar-refractivity contribution in [1.29, 1.82) is 0 Å². The molecule has 1 rings (SSSR count). The lowest BCUT2D eigenvalue weighted by molar-refractivity contribution is 0.101. The molecule has 0 amide bonds. The van der Waals surface area contributed by atoms with Gasteiger partial charge in [-0.15, -0.1) is 0 Å². The summed E-state index contributed by atoms with van der Waals surface area (Å²) in [4.78, 5) is 19.9.